The van der Waals surface area contributed by atoms with Crippen LogP contribution in [0.5, 0.6) is 11.6 Å². The summed E-state index contributed by atoms with van der Waals surface area (Å²) in [6.45, 7) is 1.83. The summed E-state index contributed by atoms with van der Waals surface area (Å²) in [7, 11) is 0. The van der Waals surface area contributed by atoms with Gasteiger partial charge in [-0.2, -0.15) is 4.98 Å². The molecule has 8 heteroatoms. The van der Waals surface area contributed by atoms with Crippen molar-refractivity contribution in [2.75, 3.05) is 0 Å². The van der Waals surface area contributed by atoms with Gasteiger partial charge in [0.1, 0.15) is 11.6 Å². The van der Waals surface area contributed by atoms with E-state index in [-0.39, 0.29) is 11.5 Å². The molecule has 3 rings (SSSR count). The fraction of sp³-hybridized carbons (Fsp3) is 0.111. The zero-order valence-electron chi connectivity index (χ0n) is 13.8. The van der Waals surface area contributed by atoms with Crippen molar-refractivity contribution in [1.82, 2.24) is 9.97 Å². The SMILES string of the molecule is Cc1cc(Oc2ccc(F)cc2)nc(SCc2ccc([N+](=O)[O-])cc2)n1. The molecule has 2 aromatic carbocycles. The number of hydrogen-bond acceptors (Lipinski definition) is 6. The Hall–Kier alpha value is -3.00. The van der Waals surface area contributed by atoms with Crippen molar-refractivity contribution in [3.8, 4) is 11.6 Å². The number of halogens is 1. The molecule has 0 spiro atoms. The topological polar surface area (TPSA) is 78.2 Å². The zero-order chi connectivity index (χ0) is 18.5. The maximum absolute atomic E-state index is 13.0. The Morgan fingerprint density at radius 3 is 2.46 bits per heavy atom. The van der Waals surface area contributed by atoms with E-state index in [1.807, 2.05) is 6.92 Å². The van der Waals surface area contributed by atoms with E-state index >= 15 is 0 Å². The number of aryl methyl sites for hydroxylation is 1. The van der Waals surface area contributed by atoms with Gasteiger partial charge in [-0.1, -0.05) is 23.9 Å². The molecule has 0 saturated heterocycles. The number of thioether (sulfide) groups is 1. The normalized spacial score (nSPS) is 10.5. The maximum atomic E-state index is 13.0. The first-order chi connectivity index (χ1) is 12.5. The van der Waals surface area contributed by atoms with Gasteiger partial charge in [-0.15, -0.1) is 0 Å². The van der Waals surface area contributed by atoms with Gasteiger partial charge in [0.05, 0.1) is 4.92 Å². The van der Waals surface area contributed by atoms with Gasteiger partial charge in [0.15, 0.2) is 5.16 Å². The molecule has 0 aliphatic carbocycles. The molecule has 0 atom stereocenters. The van der Waals surface area contributed by atoms with Crippen LogP contribution in [0.25, 0.3) is 0 Å². The minimum Gasteiger partial charge on any atom is -0.439 e. The molecule has 26 heavy (non-hydrogen) atoms. The van der Waals surface area contributed by atoms with Crippen LogP contribution < -0.4 is 4.74 Å². The summed E-state index contributed by atoms with van der Waals surface area (Å²) in [6.07, 6.45) is 0. The zero-order valence-corrected chi connectivity index (χ0v) is 14.6. The number of rotatable bonds is 6. The Balaban J connectivity index is 1.69. The van der Waals surface area contributed by atoms with Crippen LogP contribution in [0.2, 0.25) is 0 Å². The molecule has 132 valence electrons. The van der Waals surface area contributed by atoms with Crippen molar-refractivity contribution in [2.24, 2.45) is 0 Å². The quantitative estimate of drug-likeness (QED) is 0.265. The minimum atomic E-state index is -0.431. The van der Waals surface area contributed by atoms with E-state index < -0.39 is 4.92 Å². The summed E-state index contributed by atoms with van der Waals surface area (Å²) in [5, 5.41) is 11.2. The van der Waals surface area contributed by atoms with Gasteiger partial charge in [0, 0.05) is 29.6 Å². The monoisotopic (exact) mass is 371 g/mol. The lowest BCUT2D eigenvalue weighted by Crippen LogP contribution is -1.95. The summed E-state index contributed by atoms with van der Waals surface area (Å²) in [5.74, 6) is 1.08. The van der Waals surface area contributed by atoms with E-state index in [0.29, 0.717) is 22.5 Å². The second-order valence-electron chi connectivity index (χ2n) is 5.40. The number of nitro benzene ring substituents is 1. The van der Waals surface area contributed by atoms with Gasteiger partial charge in [0.25, 0.3) is 5.69 Å². The first kappa shape index (κ1) is 17.8. The molecule has 0 aliphatic heterocycles. The predicted molar refractivity (Wildman–Crippen MR) is 95.9 cm³/mol. The molecule has 0 radical (unpaired) electrons. The summed E-state index contributed by atoms with van der Waals surface area (Å²) >= 11 is 1.40. The van der Waals surface area contributed by atoms with Crippen LogP contribution >= 0.6 is 11.8 Å². The van der Waals surface area contributed by atoms with Crippen LogP contribution in [0.3, 0.4) is 0 Å². The van der Waals surface area contributed by atoms with Crippen molar-refractivity contribution < 1.29 is 14.1 Å². The molecule has 1 aromatic heterocycles. The number of nitro groups is 1. The van der Waals surface area contributed by atoms with Crippen LogP contribution in [0.1, 0.15) is 11.3 Å². The van der Waals surface area contributed by atoms with Crippen LogP contribution in [0.4, 0.5) is 10.1 Å². The number of aromatic nitrogens is 2. The first-order valence-electron chi connectivity index (χ1n) is 7.65. The van der Waals surface area contributed by atoms with E-state index in [0.717, 1.165) is 11.3 Å². The van der Waals surface area contributed by atoms with Gasteiger partial charge in [0.2, 0.25) is 5.88 Å². The van der Waals surface area contributed by atoms with Gasteiger partial charge in [-0.3, -0.25) is 10.1 Å². The number of ether oxygens (including phenoxy) is 1. The Bertz CT molecular complexity index is 918. The molecule has 0 aliphatic rings. The number of hydrogen-bond donors (Lipinski definition) is 0. The standard InChI is InChI=1S/C18H14FN3O3S/c1-12-10-17(25-16-8-4-14(19)5-9-16)21-18(20-12)26-11-13-2-6-15(7-3-13)22(23)24/h2-10H,11H2,1H3. The highest BCUT2D eigenvalue weighted by Crippen LogP contribution is 2.25. The highest BCUT2D eigenvalue weighted by atomic mass is 32.2. The minimum absolute atomic E-state index is 0.0561. The Morgan fingerprint density at radius 2 is 1.81 bits per heavy atom. The number of benzene rings is 2. The van der Waals surface area contributed by atoms with Crippen molar-refractivity contribution in [3.05, 3.63) is 81.8 Å². The second-order valence-corrected chi connectivity index (χ2v) is 6.34. The summed E-state index contributed by atoms with van der Waals surface area (Å²) in [4.78, 5) is 18.9. The second kappa shape index (κ2) is 7.92. The number of nitrogens with zero attached hydrogens (tertiary/aromatic N) is 3. The van der Waals surface area contributed by atoms with E-state index in [1.165, 1.54) is 48.2 Å². The molecule has 0 saturated carbocycles. The van der Waals surface area contributed by atoms with Crippen LogP contribution in [-0.2, 0) is 5.75 Å². The molecular formula is C18H14FN3O3S. The average molecular weight is 371 g/mol. The first-order valence-corrected chi connectivity index (χ1v) is 8.63. The fourth-order valence-corrected chi connectivity index (χ4v) is 2.97. The van der Waals surface area contributed by atoms with E-state index in [1.54, 1.807) is 18.2 Å². The highest BCUT2D eigenvalue weighted by Gasteiger charge is 2.08. The Kier molecular flexibility index (Phi) is 5.43. The highest BCUT2D eigenvalue weighted by molar-refractivity contribution is 7.98. The van der Waals surface area contributed by atoms with Gasteiger partial charge in [-0.05, 0) is 36.8 Å². The molecule has 0 unspecified atom stereocenters. The number of non-ortho nitro benzene ring substituents is 1. The van der Waals surface area contributed by atoms with Crippen molar-refractivity contribution in [2.45, 2.75) is 17.8 Å². The maximum Gasteiger partial charge on any atom is 0.269 e. The average Bonchev–Trinajstić information content (AvgIpc) is 2.62. The van der Waals surface area contributed by atoms with Gasteiger partial charge < -0.3 is 4.74 Å². The molecule has 0 fully saturated rings. The lowest BCUT2D eigenvalue weighted by atomic mass is 10.2. The van der Waals surface area contributed by atoms with E-state index in [4.69, 9.17) is 4.74 Å². The van der Waals surface area contributed by atoms with E-state index in [2.05, 4.69) is 9.97 Å². The summed E-state index contributed by atoms with van der Waals surface area (Å²) < 4.78 is 18.6. The van der Waals surface area contributed by atoms with Crippen LogP contribution in [-0.4, -0.2) is 14.9 Å². The largest absolute Gasteiger partial charge is 0.439 e. The molecular weight excluding hydrogens is 357 g/mol. The van der Waals surface area contributed by atoms with Crippen molar-refractivity contribution in [3.63, 3.8) is 0 Å². The van der Waals surface area contributed by atoms with Gasteiger partial charge >= 0.3 is 0 Å². The summed E-state index contributed by atoms with van der Waals surface area (Å²) in [5.41, 5.74) is 1.72. The molecule has 6 nitrogen and oxygen atoms in total. The lowest BCUT2D eigenvalue weighted by molar-refractivity contribution is -0.384. The lowest BCUT2D eigenvalue weighted by Gasteiger charge is -2.07. The van der Waals surface area contributed by atoms with Crippen LogP contribution in [0.15, 0.2) is 59.8 Å². The molecule has 0 N–H and O–H groups in total. The predicted octanol–water partition coefficient (Wildman–Crippen LogP) is 4.92. The van der Waals surface area contributed by atoms with Crippen molar-refractivity contribution in [1.29, 1.82) is 0 Å². The third kappa shape index (κ3) is 4.76. The van der Waals surface area contributed by atoms with Crippen LogP contribution in [0, 0.1) is 22.9 Å². The Labute approximate surface area is 153 Å². The fourth-order valence-electron chi connectivity index (χ4n) is 2.12. The third-order valence-electron chi connectivity index (χ3n) is 3.36. The molecule has 0 bridgehead atoms. The third-order valence-corrected chi connectivity index (χ3v) is 4.28. The van der Waals surface area contributed by atoms with Crippen molar-refractivity contribution >= 4 is 17.4 Å². The smallest absolute Gasteiger partial charge is 0.269 e. The molecule has 0 amide bonds. The summed E-state index contributed by atoms with van der Waals surface area (Å²) in [6, 6.07) is 13.7. The Morgan fingerprint density at radius 1 is 1.12 bits per heavy atom. The van der Waals surface area contributed by atoms with E-state index in [9.17, 15) is 14.5 Å². The molecule has 3 aromatic rings. The van der Waals surface area contributed by atoms with Gasteiger partial charge in [-0.25, -0.2) is 9.37 Å². The molecule has 1 heterocycles.